The van der Waals surface area contributed by atoms with Gasteiger partial charge in [0, 0.05) is 55.7 Å². The Morgan fingerprint density at radius 3 is 2.54 bits per heavy atom. The van der Waals surface area contributed by atoms with Gasteiger partial charge in [-0.3, -0.25) is 9.69 Å². The van der Waals surface area contributed by atoms with E-state index in [0.717, 1.165) is 36.1 Å². The number of fused-ring (bicyclic) bond motifs is 2. The lowest BCUT2D eigenvalue weighted by Gasteiger charge is -2.28. The SMILES string of the molecule is Cc1ccccc1[C@@H]1[C@@H]2CN(C(=O)c3cn(C)c4ccccc34)C[C@@H]2CN1C. The second kappa shape index (κ2) is 6.49. The number of amides is 1. The number of carbonyl (C=O) groups is 1. The predicted molar refractivity (Wildman–Crippen MR) is 112 cm³/mol. The molecule has 0 N–H and O–H groups in total. The molecule has 3 atom stereocenters. The monoisotopic (exact) mass is 373 g/mol. The minimum absolute atomic E-state index is 0.178. The summed E-state index contributed by atoms with van der Waals surface area (Å²) in [4.78, 5) is 18.0. The highest BCUT2D eigenvalue weighted by atomic mass is 16.2. The molecule has 3 heterocycles. The third-order valence-electron chi connectivity index (χ3n) is 6.82. The standard InChI is InChI=1S/C24H27N3O/c1-16-8-4-5-9-18(16)23-20-15-27(13-17(20)12-26(23)3)24(28)21-14-25(2)22-11-7-6-10-19(21)22/h4-11,14,17,20,23H,12-13,15H2,1-3H3/t17-,20+,23+/m0/s1. The van der Waals surface area contributed by atoms with Crippen LogP contribution in [-0.4, -0.2) is 47.0 Å². The Hall–Kier alpha value is -2.59. The molecule has 2 fully saturated rings. The van der Waals surface area contributed by atoms with Gasteiger partial charge >= 0.3 is 0 Å². The molecule has 1 amide bonds. The van der Waals surface area contributed by atoms with E-state index in [1.54, 1.807) is 0 Å². The van der Waals surface area contributed by atoms with Gasteiger partial charge in [0.25, 0.3) is 5.91 Å². The van der Waals surface area contributed by atoms with Crippen molar-refractivity contribution in [2.75, 3.05) is 26.7 Å². The van der Waals surface area contributed by atoms with Crippen molar-refractivity contribution in [3.63, 3.8) is 0 Å². The van der Waals surface area contributed by atoms with Crippen molar-refractivity contribution in [3.8, 4) is 0 Å². The Balaban J connectivity index is 1.44. The summed E-state index contributed by atoms with van der Waals surface area (Å²) in [6.07, 6.45) is 1.99. The fraction of sp³-hybridized carbons (Fsp3) is 0.375. The number of benzene rings is 2. The minimum Gasteiger partial charge on any atom is -0.350 e. The molecule has 3 aromatic rings. The maximum atomic E-state index is 13.4. The van der Waals surface area contributed by atoms with E-state index in [1.807, 2.05) is 25.4 Å². The Morgan fingerprint density at radius 1 is 0.964 bits per heavy atom. The lowest BCUT2D eigenvalue weighted by molar-refractivity contribution is 0.0769. The Labute approximate surface area is 166 Å². The highest BCUT2D eigenvalue weighted by molar-refractivity contribution is 6.07. The van der Waals surface area contributed by atoms with Crippen molar-refractivity contribution in [1.82, 2.24) is 14.4 Å². The summed E-state index contributed by atoms with van der Waals surface area (Å²) in [6, 6.07) is 17.3. The van der Waals surface area contributed by atoms with Gasteiger partial charge in [-0.15, -0.1) is 0 Å². The van der Waals surface area contributed by atoms with Gasteiger partial charge in [-0.2, -0.15) is 0 Å². The number of nitrogens with zero attached hydrogens (tertiary/aromatic N) is 3. The quantitative estimate of drug-likeness (QED) is 0.682. The summed E-state index contributed by atoms with van der Waals surface area (Å²) in [5, 5.41) is 1.06. The van der Waals surface area contributed by atoms with Crippen molar-refractivity contribution in [3.05, 3.63) is 71.4 Å². The van der Waals surface area contributed by atoms with Gasteiger partial charge in [-0.25, -0.2) is 0 Å². The summed E-state index contributed by atoms with van der Waals surface area (Å²) < 4.78 is 2.06. The van der Waals surface area contributed by atoms with Crippen LogP contribution in [0.3, 0.4) is 0 Å². The van der Waals surface area contributed by atoms with Crippen molar-refractivity contribution in [2.24, 2.45) is 18.9 Å². The number of hydrogen-bond donors (Lipinski definition) is 0. The third kappa shape index (κ3) is 2.59. The summed E-state index contributed by atoms with van der Waals surface area (Å²) in [7, 11) is 4.24. The van der Waals surface area contributed by atoms with E-state index < -0.39 is 0 Å². The molecule has 4 nitrogen and oxygen atoms in total. The molecule has 1 aromatic heterocycles. The molecule has 2 aliphatic heterocycles. The first-order valence-corrected chi connectivity index (χ1v) is 10.1. The van der Waals surface area contributed by atoms with E-state index in [9.17, 15) is 4.79 Å². The molecule has 5 rings (SSSR count). The van der Waals surface area contributed by atoms with Crippen LogP contribution in [0.25, 0.3) is 10.9 Å². The Kier molecular flexibility index (Phi) is 4.06. The van der Waals surface area contributed by atoms with Crippen molar-refractivity contribution in [2.45, 2.75) is 13.0 Å². The van der Waals surface area contributed by atoms with Crippen LogP contribution in [0.2, 0.25) is 0 Å². The van der Waals surface area contributed by atoms with Crippen molar-refractivity contribution >= 4 is 16.8 Å². The maximum absolute atomic E-state index is 13.4. The molecule has 2 aromatic carbocycles. The van der Waals surface area contributed by atoms with E-state index in [4.69, 9.17) is 0 Å². The normalized spacial score (nSPS) is 24.8. The second-order valence-electron chi connectivity index (χ2n) is 8.55. The predicted octanol–water partition coefficient (Wildman–Crippen LogP) is 3.86. The molecule has 0 bridgehead atoms. The van der Waals surface area contributed by atoms with Crippen molar-refractivity contribution in [1.29, 1.82) is 0 Å². The van der Waals surface area contributed by atoms with Crippen LogP contribution in [0.5, 0.6) is 0 Å². The molecule has 2 aliphatic rings. The van der Waals surface area contributed by atoms with E-state index >= 15 is 0 Å². The van der Waals surface area contributed by atoms with Crippen LogP contribution in [-0.2, 0) is 7.05 Å². The highest BCUT2D eigenvalue weighted by Gasteiger charge is 2.47. The molecule has 28 heavy (non-hydrogen) atoms. The lowest BCUT2D eigenvalue weighted by Crippen LogP contribution is -2.33. The lowest BCUT2D eigenvalue weighted by atomic mass is 9.88. The minimum atomic E-state index is 0.178. The highest BCUT2D eigenvalue weighted by Crippen LogP contribution is 2.45. The van der Waals surface area contributed by atoms with E-state index in [1.165, 1.54) is 11.1 Å². The summed E-state index contributed by atoms with van der Waals surface area (Å²) in [6.45, 7) is 4.96. The molecule has 4 heteroatoms. The van der Waals surface area contributed by atoms with Gasteiger partial charge in [0.2, 0.25) is 0 Å². The molecule has 0 unspecified atom stereocenters. The van der Waals surface area contributed by atoms with Gasteiger partial charge in [0.15, 0.2) is 0 Å². The molecular formula is C24H27N3O. The van der Waals surface area contributed by atoms with Crippen LogP contribution >= 0.6 is 0 Å². The van der Waals surface area contributed by atoms with Gasteiger partial charge in [0.05, 0.1) is 5.56 Å². The molecule has 0 aliphatic carbocycles. The van der Waals surface area contributed by atoms with Gasteiger partial charge in [0.1, 0.15) is 0 Å². The summed E-state index contributed by atoms with van der Waals surface area (Å²) in [5.41, 5.74) is 4.71. The smallest absolute Gasteiger partial charge is 0.256 e. The molecular weight excluding hydrogens is 346 g/mol. The third-order valence-corrected chi connectivity index (χ3v) is 6.82. The number of rotatable bonds is 2. The Bertz CT molecular complexity index is 1050. The molecule has 0 saturated carbocycles. The van der Waals surface area contributed by atoms with Crippen LogP contribution in [0.1, 0.15) is 27.5 Å². The zero-order valence-electron chi connectivity index (χ0n) is 16.8. The fourth-order valence-electron chi connectivity index (χ4n) is 5.49. The first-order chi connectivity index (χ1) is 13.5. The van der Waals surface area contributed by atoms with Gasteiger partial charge in [-0.1, -0.05) is 42.5 Å². The molecule has 0 radical (unpaired) electrons. The van der Waals surface area contributed by atoms with E-state index in [2.05, 4.69) is 64.7 Å². The van der Waals surface area contributed by atoms with Gasteiger partial charge < -0.3 is 9.47 Å². The van der Waals surface area contributed by atoms with E-state index in [0.29, 0.717) is 17.9 Å². The number of aryl methyl sites for hydroxylation is 2. The molecule has 0 spiro atoms. The van der Waals surface area contributed by atoms with E-state index in [-0.39, 0.29) is 5.91 Å². The fourth-order valence-corrected chi connectivity index (χ4v) is 5.49. The van der Waals surface area contributed by atoms with Crippen LogP contribution in [0, 0.1) is 18.8 Å². The molecule has 2 saturated heterocycles. The van der Waals surface area contributed by atoms with Crippen LogP contribution in [0.15, 0.2) is 54.7 Å². The zero-order valence-corrected chi connectivity index (χ0v) is 16.8. The number of likely N-dealkylation sites (tertiary alicyclic amines) is 2. The topological polar surface area (TPSA) is 28.5 Å². The average Bonchev–Trinajstić information content (AvgIpc) is 3.33. The summed E-state index contributed by atoms with van der Waals surface area (Å²) in [5.74, 6) is 1.23. The molecule has 144 valence electrons. The average molecular weight is 374 g/mol. The first-order valence-electron chi connectivity index (χ1n) is 10.1. The number of carbonyl (C=O) groups excluding carboxylic acids is 1. The summed E-state index contributed by atoms with van der Waals surface area (Å²) >= 11 is 0. The van der Waals surface area contributed by atoms with Gasteiger partial charge in [-0.05, 0) is 37.1 Å². The number of hydrogen-bond acceptors (Lipinski definition) is 2. The second-order valence-corrected chi connectivity index (χ2v) is 8.55. The Morgan fingerprint density at radius 2 is 1.71 bits per heavy atom. The van der Waals surface area contributed by atoms with Crippen LogP contribution < -0.4 is 0 Å². The largest absolute Gasteiger partial charge is 0.350 e. The number of aromatic nitrogens is 1. The van der Waals surface area contributed by atoms with Crippen LogP contribution in [0.4, 0.5) is 0 Å². The van der Waals surface area contributed by atoms with Crippen molar-refractivity contribution < 1.29 is 4.79 Å². The first kappa shape index (κ1) is 17.5. The number of para-hydroxylation sites is 1. The zero-order chi connectivity index (χ0) is 19.4. The maximum Gasteiger partial charge on any atom is 0.256 e.